The van der Waals surface area contributed by atoms with Crippen molar-refractivity contribution in [1.82, 2.24) is 9.55 Å². The van der Waals surface area contributed by atoms with Gasteiger partial charge in [0, 0.05) is 12.6 Å². The molecule has 26 heavy (non-hydrogen) atoms. The Balaban J connectivity index is 1.76. The standard InChI is InChI=1S/C18H22N2O6/c1-11(12-5-3-2-4-6-12)25-10-13-8-20(18(24)19-17(13)23)16-7-14(22)15(9-21)26-16/h2-6,8,11,14-16,21-22H,7,9-10H2,1H3,(H,19,23,24)/t11?,14-,15+,16+/m0/s1. The van der Waals surface area contributed by atoms with Crippen LogP contribution in [0.15, 0.2) is 46.1 Å². The molecule has 1 fully saturated rings. The maximum Gasteiger partial charge on any atom is 0.330 e. The number of benzene rings is 1. The topological polar surface area (TPSA) is 114 Å². The van der Waals surface area contributed by atoms with Crippen molar-refractivity contribution < 1.29 is 19.7 Å². The van der Waals surface area contributed by atoms with Crippen LogP contribution >= 0.6 is 0 Å². The van der Waals surface area contributed by atoms with Crippen molar-refractivity contribution in [2.45, 2.75) is 44.5 Å². The van der Waals surface area contributed by atoms with Gasteiger partial charge in [0.25, 0.3) is 5.56 Å². The van der Waals surface area contributed by atoms with Crippen molar-refractivity contribution in [3.63, 3.8) is 0 Å². The number of aromatic amines is 1. The van der Waals surface area contributed by atoms with E-state index in [0.29, 0.717) is 0 Å². The quantitative estimate of drug-likeness (QED) is 0.688. The molecule has 1 unspecified atom stereocenters. The summed E-state index contributed by atoms with van der Waals surface area (Å²) in [6.45, 7) is 1.55. The zero-order valence-electron chi connectivity index (χ0n) is 14.4. The Morgan fingerprint density at radius 3 is 2.73 bits per heavy atom. The predicted octanol–water partition coefficient (Wildman–Crippen LogP) is 0.455. The van der Waals surface area contributed by atoms with Crippen LogP contribution in [-0.4, -0.2) is 38.6 Å². The molecule has 1 saturated heterocycles. The molecule has 3 N–H and O–H groups in total. The van der Waals surface area contributed by atoms with Gasteiger partial charge < -0.3 is 19.7 Å². The van der Waals surface area contributed by atoms with E-state index in [1.165, 1.54) is 10.8 Å². The summed E-state index contributed by atoms with van der Waals surface area (Å²) in [7, 11) is 0. The van der Waals surface area contributed by atoms with Crippen LogP contribution in [0.2, 0.25) is 0 Å². The minimum Gasteiger partial charge on any atom is -0.394 e. The van der Waals surface area contributed by atoms with E-state index in [4.69, 9.17) is 9.47 Å². The molecule has 2 aromatic rings. The predicted molar refractivity (Wildman–Crippen MR) is 92.6 cm³/mol. The first-order valence-corrected chi connectivity index (χ1v) is 8.45. The fraction of sp³-hybridized carbons (Fsp3) is 0.444. The molecule has 2 heterocycles. The number of hydrogen-bond donors (Lipinski definition) is 3. The molecular weight excluding hydrogens is 340 g/mol. The number of aliphatic hydroxyl groups excluding tert-OH is 2. The van der Waals surface area contributed by atoms with Crippen molar-refractivity contribution in [2.24, 2.45) is 0 Å². The summed E-state index contributed by atoms with van der Waals surface area (Å²) in [5.41, 5.74) is 0.0950. The molecule has 0 radical (unpaired) electrons. The molecular formula is C18H22N2O6. The van der Waals surface area contributed by atoms with E-state index < -0.39 is 29.7 Å². The van der Waals surface area contributed by atoms with Gasteiger partial charge in [-0.25, -0.2) is 4.79 Å². The Labute approximate surface area is 149 Å². The molecule has 1 aliphatic heterocycles. The summed E-state index contributed by atoms with van der Waals surface area (Å²) in [6.07, 6.45) is -1.07. The van der Waals surface area contributed by atoms with Crippen molar-refractivity contribution in [3.05, 3.63) is 68.5 Å². The minimum absolute atomic E-state index is 0.0182. The second-order valence-corrected chi connectivity index (χ2v) is 6.30. The summed E-state index contributed by atoms with van der Waals surface area (Å²) < 4.78 is 12.4. The van der Waals surface area contributed by atoms with E-state index in [1.807, 2.05) is 37.3 Å². The fourth-order valence-electron chi connectivity index (χ4n) is 2.93. The average molecular weight is 362 g/mol. The van der Waals surface area contributed by atoms with Gasteiger partial charge in [0.15, 0.2) is 0 Å². The maximum atomic E-state index is 12.1. The number of nitrogens with one attached hydrogen (secondary N) is 1. The summed E-state index contributed by atoms with van der Waals surface area (Å²) in [5.74, 6) is 0. The highest BCUT2D eigenvalue weighted by Gasteiger charge is 2.35. The van der Waals surface area contributed by atoms with Crippen molar-refractivity contribution in [3.8, 4) is 0 Å². The fourth-order valence-corrected chi connectivity index (χ4v) is 2.93. The maximum absolute atomic E-state index is 12.1. The number of nitrogens with zero attached hydrogens (tertiary/aromatic N) is 1. The Morgan fingerprint density at radius 2 is 2.08 bits per heavy atom. The SMILES string of the molecule is CC(OCc1cn([C@H]2C[C@H](O)[C@@H](CO)O2)c(=O)[nH]c1=O)c1ccccc1. The lowest BCUT2D eigenvalue weighted by atomic mass is 10.1. The number of H-pyrrole nitrogens is 1. The van der Waals surface area contributed by atoms with Crippen LogP contribution in [0, 0.1) is 0 Å². The van der Waals surface area contributed by atoms with Gasteiger partial charge in [0.2, 0.25) is 0 Å². The number of ether oxygens (including phenoxy) is 2. The molecule has 3 rings (SSSR count). The van der Waals surface area contributed by atoms with Gasteiger partial charge >= 0.3 is 5.69 Å². The van der Waals surface area contributed by atoms with Crippen LogP contribution in [0.1, 0.15) is 36.8 Å². The molecule has 0 amide bonds. The smallest absolute Gasteiger partial charge is 0.330 e. The van der Waals surface area contributed by atoms with Crippen LogP contribution in [-0.2, 0) is 16.1 Å². The Hall–Kier alpha value is -2.26. The first-order chi connectivity index (χ1) is 12.5. The van der Waals surface area contributed by atoms with E-state index in [1.54, 1.807) is 0 Å². The van der Waals surface area contributed by atoms with Gasteiger partial charge in [-0.05, 0) is 12.5 Å². The van der Waals surface area contributed by atoms with E-state index in [-0.39, 0.29) is 31.3 Å². The highest BCUT2D eigenvalue weighted by Crippen LogP contribution is 2.27. The van der Waals surface area contributed by atoms with Gasteiger partial charge in [-0.1, -0.05) is 30.3 Å². The summed E-state index contributed by atoms with van der Waals surface area (Å²) in [4.78, 5) is 26.4. The van der Waals surface area contributed by atoms with Gasteiger partial charge in [-0.3, -0.25) is 14.3 Å². The van der Waals surface area contributed by atoms with Crippen LogP contribution in [0.5, 0.6) is 0 Å². The Morgan fingerprint density at radius 1 is 1.35 bits per heavy atom. The second-order valence-electron chi connectivity index (χ2n) is 6.30. The minimum atomic E-state index is -0.873. The average Bonchev–Trinajstić information content (AvgIpc) is 3.02. The second kappa shape index (κ2) is 7.96. The molecule has 0 aliphatic carbocycles. The third kappa shape index (κ3) is 3.94. The molecule has 8 heteroatoms. The number of hydrogen-bond acceptors (Lipinski definition) is 6. The molecule has 1 aliphatic rings. The monoisotopic (exact) mass is 362 g/mol. The lowest BCUT2D eigenvalue weighted by Crippen LogP contribution is -2.34. The zero-order valence-corrected chi connectivity index (χ0v) is 14.4. The van der Waals surface area contributed by atoms with E-state index >= 15 is 0 Å². The Bertz CT molecular complexity index is 847. The van der Waals surface area contributed by atoms with Crippen LogP contribution in [0.4, 0.5) is 0 Å². The molecule has 4 atom stereocenters. The normalized spacial score (nSPS) is 23.9. The zero-order chi connectivity index (χ0) is 18.7. The molecule has 140 valence electrons. The highest BCUT2D eigenvalue weighted by atomic mass is 16.5. The molecule has 1 aromatic carbocycles. The number of aliphatic hydroxyl groups is 2. The molecule has 8 nitrogen and oxygen atoms in total. The first kappa shape index (κ1) is 18.5. The number of aromatic nitrogens is 2. The summed E-state index contributed by atoms with van der Waals surface area (Å²) in [5, 5.41) is 19.0. The van der Waals surface area contributed by atoms with Crippen LogP contribution in [0.25, 0.3) is 0 Å². The van der Waals surface area contributed by atoms with Gasteiger partial charge in [-0.15, -0.1) is 0 Å². The molecule has 0 saturated carbocycles. The van der Waals surface area contributed by atoms with Gasteiger partial charge in [0.1, 0.15) is 12.3 Å². The van der Waals surface area contributed by atoms with Gasteiger partial charge in [0.05, 0.1) is 31.0 Å². The highest BCUT2D eigenvalue weighted by molar-refractivity contribution is 5.17. The van der Waals surface area contributed by atoms with Crippen molar-refractivity contribution in [1.29, 1.82) is 0 Å². The van der Waals surface area contributed by atoms with E-state index in [9.17, 15) is 19.8 Å². The molecule has 0 spiro atoms. The van der Waals surface area contributed by atoms with E-state index in [0.717, 1.165) is 5.56 Å². The van der Waals surface area contributed by atoms with E-state index in [2.05, 4.69) is 4.98 Å². The van der Waals surface area contributed by atoms with Crippen molar-refractivity contribution >= 4 is 0 Å². The summed E-state index contributed by atoms with van der Waals surface area (Å²) >= 11 is 0. The van der Waals surface area contributed by atoms with Crippen LogP contribution in [0.3, 0.4) is 0 Å². The first-order valence-electron chi connectivity index (χ1n) is 8.45. The largest absolute Gasteiger partial charge is 0.394 e. The molecule has 0 bridgehead atoms. The third-order valence-electron chi connectivity index (χ3n) is 4.49. The lowest BCUT2D eigenvalue weighted by Gasteiger charge is -2.16. The molecule has 1 aromatic heterocycles. The van der Waals surface area contributed by atoms with Crippen LogP contribution < -0.4 is 11.2 Å². The van der Waals surface area contributed by atoms with Gasteiger partial charge in [-0.2, -0.15) is 0 Å². The lowest BCUT2D eigenvalue weighted by molar-refractivity contribution is -0.0462. The van der Waals surface area contributed by atoms with Crippen molar-refractivity contribution in [2.75, 3.05) is 6.61 Å². The summed E-state index contributed by atoms with van der Waals surface area (Å²) in [6, 6.07) is 9.58. The number of rotatable bonds is 6. The Kier molecular flexibility index (Phi) is 5.67. The third-order valence-corrected chi connectivity index (χ3v) is 4.49.